The van der Waals surface area contributed by atoms with E-state index in [1.165, 1.54) is 25.8 Å². The second-order valence-corrected chi connectivity index (χ2v) is 6.48. The van der Waals surface area contributed by atoms with Crippen molar-refractivity contribution >= 4 is 0 Å². The fourth-order valence-electron chi connectivity index (χ4n) is 3.99. The van der Waals surface area contributed by atoms with Gasteiger partial charge in [0.15, 0.2) is 0 Å². The Balaban J connectivity index is 1.93. The van der Waals surface area contributed by atoms with Crippen LogP contribution in [-0.2, 0) is 4.74 Å². The summed E-state index contributed by atoms with van der Waals surface area (Å²) < 4.78 is 5.51. The van der Waals surface area contributed by atoms with E-state index in [2.05, 4.69) is 37.9 Å². The first-order chi connectivity index (χ1) is 9.15. The van der Waals surface area contributed by atoms with Crippen LogP contribution in [0.2, 0.25) is 0 Å². The summed E-state index contributed by atoms with van der Waals surface area (Å²) in [6.45, 7) is 13.8. The highest BCUT2D eigenvalue weighted by Gasteiger charge is 2.36. The molecule has 2 aliphatic rings. The van der Waals surface area contributed by atoms with Crippen LogP contribution >= 0.6 is 0 Å². The predicted molar refractivity (Wildman–Crippen MR) is 80.4 cm³/mol. The highest BCUT2D eigenvalue weighted by molar-refractivity contribution is 4.92. The zero-order valence-corrected chi connectivity index (χ0v) is 13.2. The molecule has 2 heterocycles. The van der Waals surface area contributed by atoms with E-state index in [4.69, 9.17) is 4.74 Å². The molecule has 2 fully saturated rings. The Labute approximate surface area is 119 Å². The molecule has 0 aromatic rings. The summed E-state index contributed by atoms with van der Waals surface area (Å²) in [6, 6.07) is 2.11. The maximum Gasteiger partial charge on any atom is 0.0469 e. The summed E-state index contributed by atoms with van der Waals surface area (Å²) in [5.74, 6) is 1.58. The molecule has 2 aliphatic heterocycles. The van der Waals surface area contributed by atoms with Gasteiger partial charge < -0.3 is 10.1 Å². The van der Waals surface area contributed by atoms with Crippen molar-refractivity contribution in [2.24, 2.45) is 11.8 Å². The molecule has 0 spiro atoms. The van der Waals surface area contributed by atoms with Gasteiger partial charge in [0.25, 0.3) is 0 Å². The van der Waals surface area contributed by atoms with E-state index in [1.807, 2.05) is 0 Å². The van der Waals surface area contributed by atoms with Gasteiger partial charge in [-0.25, -0.2) is 0 Å². The van der Waals surface area contributed by atoms with Crippen LogP contribution in [0.25, 0.3) is 0 Å². The van der Waals surface area contributed by atoms with Crippen molar-refractivity contribution in [2.75, 3.05) is 26.3 Å². The molecule has 2 rings (SSSR count). The highest BCUT2D eigenvalue weighted by atomic mass is 16.5. The molecule has 4 atom stereocenters. The average Bonchev–Trinajstić information content (AvgIpc) is 2.45. The third-order valence-corrected chi connectivity index (χ3v) is 5.55. The quantitative estimate of drug-likeness (QED) is 0.848. The highest BCUT2D eigenvalue weighted by Crippen LogP contribution is 2.30. The zero-order chi connectivity index (χ0) is 13.8. The van der Waals surface area contributed by atoms with Crippen LogP contribution < -0.4 is 5.32 Å². The second kappa shape index (κ2) is 7.05. The van der Waals surface area contributed by atoms with Crippen LogP contribution in [0.3, 0.4) is 0 Å². The SMILES string of the molecule is CCNC1CCN(C(C)C2CCOCC2)C(C)C1C. The molecular formula is C16H32N2O. The Hall–Kier alpha value is -0.120. The predicted octanol–water partition coefficient (Wildman–Crippen LogP) is 2.51. The summed E-state index contributed by atoms with van der Waals surface area (Å²) in [7, 11) is 0. The molecule has 4 unspecified atom stereocenters. The molecule has 3 heteroatoms. The van der Waals surface area contributed by atoms with Crippen LogP contribution in [0.15, 0.2) is 0 Å². The fraction of sp³-hybridized carbons (Fsp3) is 1.00. The van der Waals surface area contributed by atoms with Gasteiger partial charge >= 0.3 is 0 Å². The number of rotatable bonds is 4. The first-order valence-electron chi connectivity index (χ1n) is 8.22. The Morgan fingerprint density at radius 2 is 1.89 bits per heavy atom. The standard InChI is InChI=1S/C16H32N2O/c1-5-17-16-6-9-18(13(3)12(16)2)14(4)15-7-10-19-11-8-15/h12-17H,5-11H2,1-4H3. The molecule has 0 saturated carbocycles. The molecular weight excluding hydrogens is 236 g/mol. The van der Waals surface area contributed by atoms with Crippen molar-refractivity contribution in [1.82, 2.24) is 10.2 Å². The van der Waals surface area contributed by atoms with Crippen LogP contribution in [0.5, 0.6) is 0 Å². The Kier molecular flexibility index (Phi) is 5.67. The lowest BCUT2D eigenvalue weighted by Gasteiger charge is -2.48. The van der Waals surface area contributed by atoms with Crippen LogP contribution in [0.4, 0.5) is 0 Å². The minimum Gasteiger partial charge on any atom is -0.381 e. The van der Waals surface area contributed by atoms with Crippen molar-refractivity contribution in [2.45, 2.75) is 65.1 Å². The summed E-state index contributed by atoms with van der Waals surface area (Å²) in [5.41, 5.74) is 0. The maximum atomic E-state index is 5.51. The van der Waals surface area contributed by atoms with Gasteiger partial charge in [-0.05, 0) is 51.5 Å². The summed E-state index contributed by atoms with van der Waals surface area (Å²) in [6.07, 6.45) is 3.79. The van der Waals surface area contributed by atoms with Gasteiger partial charge in [-0.2, -0.15) is 0 Å². The molecule has 0 bridgehead atoms. The van der Waals surface area contributed by atoms with E-state index >= 15 is 0 Å². The third kappa shape index (κ3) is 3.50. The van der Waals surface area contributed by atoms with E-state index in [-0.39, 0.29) is 0 Å². The van der Waals surface area contributed by atoms with Gasteiger partial charge in [0, 0.05) is 37.9 Å². The summed E-state index contributed by atoms with van der Waals surface area (Å²) in [4.78, 5) is 2.76. The minimum absolute atomic E-state index is 0.690. The van der Waals surface area contributed by atoms with E-state index < -0.39 is 0 Å². The Morgan fingerprint density at radius 3 is 2.53 bits per heavy atom. The molecule has 3 nitrogen and oxygen atoms in total. The van der Waals surface area contributed by atoms with Crippen molar-refractivity contribution in [3.8, 4) is 0 Å². The fourth-order valence-corrected chi connectivity index (χ4v) is 3.99. The normalized spacial score (nSPS) is 36.3. The van der Waals surface area contributed by atoms with Crippen LogP contribution in [0, 0.1) is 11.8 Å². The van der Waals surface area contributed by atoms with Gasteiger partial charge in [0.05, 0.1) is 0 Å². The van der Waals surface area contributed by atoms with Crippen LogP contribution in [0.1, 0.15) is 47.0 Å². The minimum atomic E-state index is 0.690. The number of likely N-dealkylation sites (tertiary alicyclic amines) is 1. The van der Waals surface area contributed by atoms with Crippen molar-refractivity contribution in [3.63, 3.8) is 0 Å². The van der Waals surface area contributed by atoms with Gasteiger partial charge in [-0.3, -0.25) is 4.90 Å². The average molecular weight is 268 g/mol. The lowest BCUT2D eigenvalue weighted by molar-refractivity contribution is -0.00862. The van der Waals surface area contributed by atoms with E-state index in [0.29, 0.717) is 18.1 Å². The topological polar surface area (TPSA) is 24.5 Å². The van der Waals surface area contributed by atoms with Gasteiger partial charge in [-0.15, -0.1) is 0 Å². The molecule has 0 radical (unpaired) electrons. The van der Waals surface area contributed by atoms with Crippen LogP contribution in [-0.4, -0.2) is 49.3 Å². The first kappa shape index (κ1) is 15.3. The molecule has 0 amide bonds. The molecule has 0 aromatic carbocycles. The van der Waals surface area contributed by atoms with E-state index in [1.54, 1.807) is 0 Å². The monoisotopic (exact) mass is 268 g/mol. The second-order valence-electron chi connectivity index (χ2n) is 6.48. The van der Waals surface area contributed by atoms with Gasteiger partial charge in [0.1, 0.15) is 0 Å². The zero-order valence-electron chi connectivity index (χ0n) is 13.2. The van der Waals surface area contributed by atoms with E-state index in [9.17, 15) is 0 Å². The van der Waals surface area contributed by atoms with Crippen molar-refractivity contribution in [3.05, 3.63) is 0 Å². The largest absolute Gasteiger partial charge is 0.381 e. The number of nitrogens with zero attached hydrogens (tertiary/aromatic N) is 1. The third-order valence-electron chi connectivity index (χ3n) is 5.55. The molecule has 19 heavy (non-hydrogen) atoms. The summed E-state index contributed by atoms with van der Waals surface area (Å²) >= 11 is 0. The molecule has 1 N–H and O–H groups in total. The smallest absolute Gasteiger partial charge is 0.0469 e. The number of piperidine rings is 1. The van der Waals surface area contributed by atoms with Gasteiger partial charge in [0.2, 0.25) is 0 Å². The first-order valence-corrected chi connectivity index (χ1v) is 8.22. The number of hydrogen-bond acceptors (Lipinski definition) is 3. The number of ether oxygens (including phenoxy) is 1. The molecule has 0 aliphatic carbocycles. The lowest BCUT2D eigenvalue weighted by atomic mass is 9.83. The van der Waals surface area contributed by atoms with Crippen molar-refractivity contribution < 1.29 is 4.74 Å². The lowest BCUT2D eigenvalue weighted by Crippen LogP contribution is -2.57. The molecule has 2 saturated heterocycles. The summed E-state index contributed by atoms with van der Waals surface area (Å²) in [5, 5.41) is 3.66. The van der Waals surface area contributed by atoms with E-state index in [0.717, 1.165) is 31.6 Å². The van der Waals surface area contributed by atoms with Crippen molar-refractivity contribution in [1.29, 1.82) is 0 Å². The molecule has 0 aromatic heterocycles. The number of nitrogens with one attached hydrogen (secondary N) is 1. The van der Waals surface area contributed by atoms with Gasteiger partial charge in [-0.1, -0.05) is 13.8 Å². The molecule has 112 valence electrons. The Morgan fingerprint density at radius 1 is 1.21 bits per heavy atom. The Bertz CT molecular complexity index is 265. The maximum absolute atomic E-state index is 5.51. The number of hydrogen-bond donors (Lipinski definition) is 1.